The van der Waals surface area contributed by atoms with Gasteiger partial charge in [-0.1, -0.05) is 141 Å². The van der Waals surface area contributed by atoms with Crippen molar-refractivity contribution in [1.82, 2.24) is 0 Å². The Morgan fingerprint density at radius 3 is 1.73 bits per heavy atom. The number of rotatable bonds is 13. The minimum Gasteiger partial charge on any atom is -0.374 e. The molecule has 0 saturated heterocycles. The van der Waals surface area contributed by atoms with E-state index in [0.717, 1.165) is 24.8 Å². The summed E-state index contributed by atoms with van der Waals surface area (Å²) in [5.41, 5.74) is 0.929. The number of hydrogen-bond donors (Lipinski definition) is 0. The zero-order valence-electron chi connectivity index (χ0n) is 21.4. The second-order valence-corrected chi connectivity index (χ2v) is 12.3. The van der Waals surface area contributed by atoms with Crippen LogP contribution < -0.4 is 10.6 Å². The molecule has 0 saturated carbocycles. The molecule has 2 atom stereocenters. The van der Waals surface area contributed by atoms with Crippen LogP contribution in [-0.4, -0.2) is 17.5 Å². The smallest absolute Gasteiger partial charge is 0.173 e. The van der Waals surface area contributed by atoms with E-state index >= 15 is 4.57 Å². The lowest BCUT2D eigenvalue weighted by molar-refractivity contribution is 0.0272. The van der Waals surface area contributed by atoms with Crippen LogP contribution in [0.5, 0.6) is 0 Å². The Labute approximate surface area is 220 Å². The molecule has 4 rings (SSSR count). The van der Waals surface area contributed by atoms with Crippen molar-refractivity contribution in [2.24, 2.45) is 0 Å². The van der Waals surface area contributed by atoms with Crippen LogP contribution in [0.3, 0.4) is 0 Å². The van der Waals surface area contributed by atoms with E-state index in [1.54, 1.807) is 0 Å². The van der Waals surface area contributed by atoms with E-state index < -0.39 is 12.8 Å². The molecule has 37 heavy (non-hydrogen) atoms. The number of hydrogen-bond acceptors (Lipinski definition) is 3. The van der Waals surface area contributed by atoms with Crippen LogP contribution in [0.2, 0.25) is 0 Å². The third kappa shape index (κ3) is 6.74. The van der Waals surface area contributed by atoms with Crippen molar-refractivity contribution >= 4 is 23.5 Å². The van der Waals surface area contributed by atoms with E-state index in [1.165, 1.54) is 0 Å². The molecule has 0 spiro atoms. The molecule has 3 nitrogen and oxygen atoms in total. The molecule has 4 heteroatoms. The summed E-state index contributed by atoms with van der Waals surface area (Å²) in [6.45, 7) is 2.61. The highest BCUT2D eigenvalue weighted by Crippen LogP contribution is 2.52. The van der Waals surface area contributed by atoms with Gasteiger partial charge in [-0.2, -0.15) is 0 Å². The van der Waals surface area contributed by atoms with Crippen molar-refractivity contribution in [3.05, 3.63) is 132 Å². The van der Waals surface area contributed by atoms with E-state index in [4.69, 9.17) is 4.74 Å². The van der Waals surface area contributed by atoms with Gasteiger partial charge in [0.1, 0.15) is 0 Å². The summed E-state index contributed by atoms with van der Waals surface area (Å²) in [5.74, 6) is -0.0959. The fraction of sp³-hybridized carbons (Fsp3) is 0.242. The second kappa shape index (κ2) is 13.3. The molecule has 0 fully saturated rings. The maximum atomic E-state index is 15.3. The Balaban J connectivity index is 1.77. The fourth-order valence-electron chi connectivity index (χ4n) is 4.76. The van der Waals surface area contributed by atoms with Gasteiger partial charge in [-0.05, 0) is 18.4 Å². The lowest BCUT2D eigenvalue weighted by atomic mass is 10.0. The molecule has 0 heterocycles. The largest absolute Gasteiger partial charge is 0.374 e. The molecular formula is C33H35O3P. The van der Waals surface area contributed by atoms with E-state index in [0.29, 0.717) is 29.2 Å². The summed E-state index contributed by atoms with van der Waals surface area (Å²) in [6, 6.07) is 38.3. The third-order valence-electron chi connectivity index (χ3n) is 6.77. The van der Waals surface area contributed by atoms with Gasteiger partial charge in [0.15, 0.2) is 12.9 Å². The first-order valence-electron chi connectivity index (χ1n) is 13.1. The molecule has 0 aromatic heterocycles. The van der Waals surface area contributed by atoms with E-state index in [9.17, 15) is 4.79 Å². The predicted molar refractivity (Wildman–Crippen MR) is 153 cm³/mol. The van der Waals surface area contributed by atoms with Crippen LogP contribution in [0.1, 0.15) is 48.5 Å². The molecule has 4 aromatic rings. The molecule has 0 aliphatic rings. The topological polar surface area (TPSA) is 43.4 Å². The summed E-state index contributed by atoms with van der Waals surface area (Å²) < 4.78 is 21.8. The minimum atomic E-state index is -3.37. The number of Topliss-reactive ketones (excluding diaryl/α,β-unsaturated/α-hetero) is 1. The van der Waals surface area contributed by atoms with Crippen molar-refractivity contribution in [1.29, 1.82) is 0 Å². The standard InChI is InChI=1S/C33H35O3P/c1-2-3-20-29(36-26-27-16-8-4-9-17-27)25-32(33(34)28-18-10-5-11-19-28)37(35,30-21-12-6-13-22-30)31-23-14-7-15-24-31/h4-19,21-24,29,32H,2-3,20,25-26H2,1H3/t29-,32+/m1/s1. The van der Waals surface area contributed by atoms with Gasteiger partial charge in [0.25, 0.3) is 0 Å². The number of ether oxygens (including phenoxy) is 1. The van der Waals surface area contributed by atoms with Crippen molar-refractivity contribution in [3.8, 4) is 0 Å². The number of carbonyl (C=O) groups is 1. The fourth-order valence-corrected chi connectivity index (χ4v) is 8.02. The molecule has 0 N–H and O–H groups in total. The molecular weight excluding hydrogens is 475 g/mol. The first-order valence-corrected chi connectivity index (χ1v) is 14.9. The maximum absolute atomic E-state index is 15.3. The highest BCUT2D eigenvalue weighted by molar-refractivity contribution is 7.80. The van der Waals surface area contributed by atoms with Gasteiger partial charge in [-0.3, -0.25) is 4.79 Å². The molecule has 0 aliphatic heterocycles. The van der Waals surface area contributed by atoms with Crippen LogP contribution in [-0.2, 0) is 15.9 Å². The molecule has 190 valence electrons. The Kier molecular flexibility index (Phi) is 9.65. The monoisotopic (exact) mass is 510 g/mol. The zero-order chi connectivity index (χ0) is 25.9. The van der Waals surface area contributed by atoms with Crippen LogP contribution >= 0.6 is 7.14 Å². The summed E-state index contributed by atoms with van der Waals surface area (Å²) in [6.07, 6.45) is 3.01. The van der Waals surface area contributed by atoms with Crippen molar-refractivity contribution < 1.29 is 14.1 Å². The van der Waals surface area contributed by atoms with E-state index in [1.807, 2.05) is 121 Å². The van der Waals surface area contributed by atoms with Gasteiger partial charge in [0, 0.05) is 16.2 Å². The number of benzene rings is 4. The van der Waals surface area contributed by atoms with Gasteiger partial charge in [-0.25, -0.2) is 0 Å². The molecule has 4 aromatic carbocycles. The lowest BCUT2D eigenvalue weighted by Crippen LogP contribution is -2.35. The first kappa shape index (κ1) is 26.8. The minimum absolute atomic E-state index is 0.0959. The van der Waals surface area contributed by atoms with E-state index in [2.05, 4.69) is 6.92 Å². The maximum Gasteiger partial charge on any atom is 0.173 e. The quantitative estimate of drug-likeness (QED) is 0.139. The first-order chi connectivity index (χ1) is 18.1. The summed E-state index contributed by atoms with van der Waals surface area (Å²) in [5, 5.41) is 1.40. The lowest BCUT2D eigenvalue weighted by Gasteiger charge is -2.31. The SMILES string of the molecule is CCCC[C@H](C[C@@H](C(=O)c1ccccc1)P(=O)(c1ccccc1)c1ccccc1)OCc1ccccc1. The van der Waals surface area contributed by atoms with Crippen LogP contribution in [0.25, 0.3) is 0 Å². The van der Waals surface area contributed by atoms with Gasteiger partial charge < -0.3 is 9.30 Å². The zero-order valence-corrected chi connectivity index (χ0v) is 22.3. The van der Waals surface area contributed by atoms with Gasteiger partial charge >= 0.3 is 0 Å². The van der Waals surface area contributed by atoms with E-state index in [-0.39, 0.29) is 11.9 Å². The number of carbonyl (C=O) groups excluding carboxylic acids is 1. The van der Waals surface area contributed by atoms with Crippen LogP contribution in [0.15, 0.2) is 121 Å². The summed E-state index contributed by atoms with van der Waals surface area (Å²) in [7, 11) is -3.37. The Bertz CT molecular complexity index is 1230. The van der Waals surface area contributed by atoms with Crippen LogP contribution in [0.4, 0.5) is 0 Å². The number of ketones is 1. The van der Waals surface area contributed by atoms with Gasteiger partial charge in [0.05, 0.1) is 18.4 Å². The molecule has 0 aliphatic carbocycles. The summed E-state index contributed by atoms with van der Waals surface area (Å²) >= 11 is 0. The third-order valence-corrected chi connectivity index (χ3v) is 10.2. The number of unbranched alkanes of at least 4 members (excludes halogenated alkanes) is 1. The Hall–Kier alpha value is -3.26. The van der Waals surface area contributed by atoms with Crippen molar-refractivity contribution in [2.75, 3.05) is 0 Å². The van der Waals surface area contributed by atoms with Gasteiger partial charge in [-0.15, -0.1) is 0 Å². The Morgan fingerprint density at radius 2 is 1.22 bits per heavy atom. The highest BCUT2D eigenvalue weighted by Gasteiger charge is 2.42. The predicted octanol–water partition coefficient (Wildman–Crippen LogP) is 7.42. The molecule has 0 unspecified atom stereocenters. The van der Waals surface area contributed by atoms with Crippen LogP contribution in [0, 0.1) is 0 Å². The van der Waals surface area contributed by atoms with Crippen molar-refractivity contribution in [3.63, 3.8) is 0 Å². The van der Waals surface area contributed by atoms with Gasteiger partial charge in [0.2, 0.25) is 0 Å². The Morgan fingerprint density at radius 1 is 0.730 bits per heavy atom. The average molecular weight is 511 g/mol. The summed E-state index contributed by atoms with van der Waals surface area (Å²) in [4.78, 5) is 14.2. The highest BCUT2D eigenvalue weighted by atomic mass is 31.2. The molecule has 0 radical (unpaired) electrons. The van der Waals surface area contributed by atoms with Crippen molar-refractivity contribution in [2.45, 2.75) is 51.0 Å². The second-order valence-electron chi connectivity index (χ2n) is 9.37. The average Bonchev–Trinajstić information content (AvgIpc) is 2.98. The molecule has 0 bridgehead atoms. The normalized spacial score (nSPS) is 13.1. The molecule has 0 amide bonds.